The highest BCUT2D eigenvalue weighted by Crippen LogP contribution is 2.37. The number of piperidine rings is 1. The molecule has 0 saturated carbocycles. The minimum atomic E-state index is 0.0633. The lowest BCUT2D eigenvalue weighted by atomic mass is 9.90. The number of thiophene rings is 1. The van der Waals surface area contributed by atoms with Gasteiger partial charge in [-0.05, 0) is 62.6 Å². The molecule has 0 unspecified atom stereocenters. The number of aromatic nitrogens is 1. The van der Waals surface area contributed by atoms with Gasteiger partial charge >= 0.3 is 0 Å². The summed E-state index contributed by atoms with van der Waals surface area (Å²) < 4.78 is 0. The highest BCUT2D eigenvalue weighted by molar-refractivity contribution is 7.21. The third kappa shape index (κ3) is 3.39. The molecular formula is C23H27N3OS. The number of likely N-dealkylation sites (tertiary alicyclic amines) is 1. The van der Waals surface area contributed by atoms with Crippen LogP contribution in [0.5, 0.6) is 0 Å². The number of carbonyl (C=O) groups excluding carboxylic acids is 1. The molecule has 4 rings (SSSR count). The van der Waals surface area contributed by atoms with Gasteiger partial charge in [-0.2, -0.15) is 0 Å². The number of pyridine rings is 1. The molecule has 1 saturated heterocycles. The Kier molecular flexibility index (Phi) is 5.11. The van der Waals surface area contributed by atoms with Crippen LogP contribution in [0.25, 0.3) is 10.2 Å². The SMILES string of the molecule is Cc1nc2sc(C(=O)N3CCC(Cc4ccccc4)CC3)c(N)c2c(C)c1C. The summed E-state index contributed by atoms with van der Waals surface area (Å²) in [7, 11) is 0. The summed E-state index contributed by atoms with van der Waals surface area (Å²) in [6.07, 6.45) is 3.18. The van der Waals surface area contributed by atoms with Gasteiger partial charge in [0.2, 0.25) is 0 Å². The molecule has 3 aromatic rings. The van der Waals surface area contributed by atoms with E-state index in [2.05, 4.69) is 49.2 Å². The average molecular weight is 394 g/mol. The van der Waals surface area contributed by atoms with E-state index in [1.807, 2.05) is 11.8 Å². The number of aryl methyl sites for hydroxylation is 2. The van der Waals surface area contributed by atoms with Crippen LogP contribution in [0.3, 0.4) is 0 Å². The monoisotopic (exact) mass is 393 g/mol. The van der Waals surface area contributed by atoms with Crippen molar-refractivity contribution in [1.82, 2.24) is 9.88 Å². The maximum absolute atomic E-state index is 13.2. The molecule has 0 bridgehead atoms. The van der Waals surface area contributed by atoms with Crippen LogP contribution in [-0.4, -0.2) is 28.9 Å². The Bertz CT molecular complexity index is 1020. The van der Waals surface area contributed by atoms with Gasteiger partial charge in [0.15, 0.2) is 0 Å². The summed E-state index contributed by atoms with van der Waals surface area (Å²) >= 11 is 1.44. The van der Waals surface area contributed by atoms with Gasteiger partial charge in [-0.1, -0.05) is 30.3 Å². The summed E-state index contributed by atoms with van der Waals surface area (Å²) in [5, 5.41) is 0.954. The number of nitrogens with zero attached hydrogens (tertiary/aromatic N) is 2. The van der Waals surface area contributed by atoms with Crippen molar-refractivity contribution in [2.45, 2.75) is 40.0 Å². The predicted octanol–water partition coefficient (Wildman–Crippen LogP) is 4.90. The number of benzene rings is 1. The van der Waals surface area contributed by atoms with Crippen molar-refractivity contribution in [3.63, 3.8) is 0 Å². The van der Waals surface area contributed by atoms with Gasteiger partial charge in [-0.25, -0.2) is 4.98 Å². The minimum Gasteiger partial charge on any atom is -0.397 e. The van der Waals surface area contributed by atoms with Gasteiger partial charge in [0.1, 0.15) is 9.71 Å². The van der Waals surface area contributed by atoms with Gasteiger partial charge in [-0.15, -0.1) is 11.3 Å². The van der Waals surface area contributed by atoms with Crippen LogP contribution < -0.4 is 5.73 Å². The number of hydrogen-bond donors (Lipinski definition) is 1. The molecule has 0 radical (unpaired) electrons. The molecule has 2 N–H and O–H groups in total. The molecule has 4 nitrogen and oxygen atoms in total. The highest BCUT2D eigenvalue weighted by Gasteiger charge is 2.28. The fourth-order valence-corrected chi connectivity index (χ4v) is 5.33. The summed E-state index contributed by atoms with van der Waals surface area (Å²) in [6.45, 7) is 7.74. The van der Waals surface area contributed by atoms with E-state index in [1.165, 1.54) is 16.9 Å². The third-order valence-electron chi connectivity index (χ3n) is 6.14. The van der Waals surface area contributed by atoms with Crippen LogP contribution in [0.4, 0.5) is 5.69 Å². The zero-order valence-electron chi connectivity index (χ0n) is 16.8. The Morgan fingerprint density at radius 2 is 1.82 bits per heavy atom. The lowest BCUT2D eigenvalue weighted by molar-refractivity contribution is 0.0696. The van der Waals surface area contributed by atoms with E-state index in [-0.39, 0.29) is 5.91 Å². The molecule has 1 aliphatic heterocycles. The summed E-state index contributed by atoms with van der Waals surface area (Å²) in [6, 6.07) is 10.6. The van der Waals surface area contributed by atoms with Crippen molar-refractivity contribution in [2.24, 2.45) is 5.92 Å². The molecule has 3 heterocycles. The van der Waals surface area contributed by atoms with Crippen LogP contribution in [0.15, 0.2) is 30.3 Å². The van der Waals surface area contributed by atoms with E-state index in [0.29, 0.717) is 16.5 Å². The first-order valence-electron chi connectivity index (χ1n) is 9.94. The number of hydrogen-bond acceptors (Lipinski definition) is 4. The largest absolute Gasteiger partial charge is 0.397 e. The molecule has 28 heavy (non-hydrogen) atoms. The molecule has 1 fully saturated rings. The third-order valence-corrected chi connectivity index (χ3v) is 7.23. The number of nitrogen functional groups attached to an aromatic ring is 1. The van der Waals surface area contributed by atoms with Crippen molar-refractivity contribution in [1.29, 1.82) is 0 Å². The lowest BCUT2D eigenvalue weighted by Gasteiger charge is -2.32. The first kappa shape index (κ1) is 18.9. The molecule has 5 heteroatoms. The number of amides is 1. The molecule has 0 spiro atoms. The summed E-state index contributed by atoms with van der Waals surface area (Å²) in [4.78, 5) is 21.3. The minimum absolute atomic E-state index is 0.0633. The molecule has 1 aliphatic rings. The molecule has 1 aromatic carbocycles. The Hall–Kier alpha value is -2.40. The highest BCUT2D eigenvalue weighted by atomic mass is 32.1. The quantitative estimate of drug-likeness (QED) is 0.688. The maximum atomic E-state index is 13.2. The fourth-order valence-electron chi connectivity index (χ4n) is 4.16. The molecule has 0 aliphatic carbocycles. The number of nitrogens with two attached hydrogens (primary N) is 1. The second kappa shape index (κ2) is 7.55. The molecule has 2 aromatic heterocycles. The van der Waals surface area contributed by atoms with Crippen molar-refractivity contribution in [2.75, 3.05) is 18.8 Å². The van der Waals surface area contributed by atoms with E-state index in [1.54, 1.807) is 0 Å². The summed E-state index contributed by atoms with van der Waals surface area (Å²) in [5.41, 5.74) is 11.7. The molecular weight excluding hydrogens is 366 g/mol. The van der Waals surface area contributed by atoms with Gasteiger partial charge in [0.25, 0.3) is 5.91 Å². The van der Waals surface area contributed by atoms with Crippen LogP contribution >= 0.6 is 11.3 Å². The van der Waals surface area contributed by atoms with Crippen molar-refractivity contribution in [3.8, 4) is 0 Å². The van der Waals surface area contributed by atoms with E-state index in [9.17, 15) is 4.79 Å². The van der Waals surface area contributed by atoms with Gasteiger partial charge in [-0.3, -0.25) is 4.79 Å². The van der Waals surface area contributed by atoms with Gasteiger partial charge in [0, 0.05) is 24.2 Å². The topological polar surface area (TPSA) is 59.2 Å². The van der Waals surface area contributed by atoms with E-state index < -0.39 is 0 Å². The molecule has 0 atom stereocenters. The number of fused-ring (bicyclic) bond motifs is 1. The zero-order valence-corrected chi connectivity index (χ0v) is 17.6. The lowest BCUT2D eigenvalue weighted by Crippen LogP contribution is -2.38. The second-order valence-electron chi connectivity index (χ2n) is 7.90. The Labute approximate surface area is 170 Å². The first-order valence-corrected chi connectivity index (χ1v) is 10.8. The molecule has 1 amide bonds. The van der Waals surface area contributed by atoms with E-state index in [0.717, 1.165) is 59.4 Å². The normalized spacial score (nSPS) is 15.3. The first-order chi connectivity index (χ1) is 13.5. The zero-order chi connectivity index (χ0) is 19.8. The average Bonchev–Trinajstić information content (AvgIpc) is 3.03. The fraction of sp³-hybridized carbons (Fsp3) is 0.391. The number of rotatable bonds is 3. The predicted molar refractivity (Wildman–Crippen MR) is 117 cm³/mol. The van der Waals surface area contributed by atoms with Crippen LogP contribution in [0.2, 0.25) is 0 Å². The van der Waals surface area contributed by atoms with E-state index >= 15 is 0 Å². The second-order valence-corrected chi connectivity index (χ2v) is 8.90. The van der Waals surface area contributed by atoms with E-state index in [4.69, 9.17) is 5.73 Å². The smallest absolute Gasteiger partial charge is 0.266 e. The van der Waals surface area contributed by atoms with Crippen molar-refractivity contribution >= 4 is 33.1 Å². The standard InChI is InChI=1S/C23H27N3OS/c1-14-15(2)19-20(24)21(28-22(19)25-16(14)3)23(27)26-11-9-18(10-12-26)13-17-7-5-4-6-8-17/h4-8,18H,9-13,24H2,1-3H3. The number of anilines is 1. The van der Waals surface area contributed by atoms with Gasteiger partial charge in [0.05, 0.1) is 5.69 Å². The van der Waals surface area contributed by atoms with Crippen LogP contribution in [0, 0.1) is 26.7 Å². The number of carbonyl (C=O) groups is 1. The Morgan fingerprint density at radius 1 is 1.14 bits per heavy atom. The van der Waals surface area contributed by atoms with Crippen molar-refractivity contribution < 1.29 is 4.79 Å². The Balaban J connectivity index is 1.50. The van der Waals surface area contributed by atoms with Crippen LogP contribution in [0.1, 0.15) is 44.9 Å². The maximum Gasteiger partial charge on any atom is 0.266 e. The van der Waals surface area contributed by atoms with Crippen molar-refractivity contribution in [3.05, 3.63) is 57.6 Å². The summed E-state index contributed by atoms with van der Waals surface area (Å²) in [5.74, 6) is 0.703. The van der Waals surface area contributed by atoms with Crippen LogP contribution in [-0.2, 0) is 6.42 Å². The van der Waals surface area contributed by atoms with Gasteiger partial charge < -0.3 is 10.6 Å². The molecule has 146 valence electrons. The Morgan fingerprint density at radius 3 is 2.50 bits per heavy atom.